The molecule has 1 aromatic heterocycles. The van der Waals surface area contributed by atoms with Crippen molar-refractivity contribution in [1.29, 1.82) is 0 Å². The maximum Gasteiger partial charge on any atom is 0.325 e. The van der Waals surface area contributed by atoms with Crippen molar-refractivity contribution in [2.24, 2.45) is 0 Å². The molecular formula is C22H24N4O2S. The number of nitrogens with one attached hydrogen (secondary N) is 2. The van der Waals surface area contributed by atoms with Crippen molar-refractivity contribution in [2.45, 2.75) is 39.5 Å². The third-order valence-corrected chi connectivity index (χ3v) is 5.04. The zero-order chi connectivity index (χ0) is 20.6. The highest BCUT2D eigenvalue weighted by molar-refractivity contribution is 7.10. The summed E-state index contributed by atoms with van der Waals surface area (Å²) in [5.74, 6) is 0.604. The molecule has 2 aromatic carbocycles. The maximum absolute atomic E-state index is 12.6. The normalized spacial score (nSPS) is 10.6. The van der Waals surface area contributed by atoms with E-state index in [4.69, 9.17) is 0 Å². The first-order valence-electron chi connectivity index (χ1n) is 9.68. The van der Waals surface area contributed by atoms with Gasteiger partial charge in [0, 0.05) is 29.1 Å². The van der Waals surface area contributed by atoms with Crippen LogP contribution in [-0.4, -0.2) is 21.2 Å². The van der Waals surface area contributed by atoms with E-state index in [1.54, 1.807) is 6.07 Å². The molecule has 0 radical (unpaired) electrons. The van der Waals surface area contributed by atoms with E-state index in [9.17, 15) is 9.59 Å². The molecule has 0 aliphatic heterocycles. The predicted octanol–water partition coefficient (Wildman–Crippen LogP) is 5.92. The quantitative estimate of drug-likeness (QED) is 0.358. The summed E-state index contributed by atoms with van der Waals surface area (Å²) in [5.41, 5.74) is 2.91. The third kappa shape index (κ3) is 5.71. The van der Waals surface area contributed by atoms with Crippen LogP contribution in [0.2, 0.25) is 0 Å². The second-order valence-electron chi connectivity index (χ2n) is 6.80. The van der Waals surface area contributed by atoms with Gasteiger partial charge in [-0.2, -0.15) is 9.36 Å². The number of unbranched alkanes of at least 4 members (excludes halogenated alkanes) is 2. The Hall–Kier alpha value is -3.06. The monoisotopic (exact) mass is 408 g/mol. The van der Waals surface area contributed by atoms with Crippen LogP contribution in [0, 0.1) is 6.92 Å². The number of Topliss-reactive ketones (excluding diaryl/α,β-unsaturated/α-hetero) is 1. The summed E-state index contributed by atoms with van der Waals surface area (Å²) in [5, 5.41) is 5.86. The number of carbonyl (C=O) groups is 2. The topological polar surface area (TPSA) is 84.0 Å². The predicted molar refractivity (Wildman–Crippen MR) is 118 cm³/mol. The minimum atomic E-state index is -0.452. The van der Waals surface area contributed by atoms with Crippen molar-refractivity contribution >= 4 is 34.2 Å². The average molecular weight is 409 g/mol. The smallest absolute Gasteiger partial charge is 0.307 e. The Kier molecular flexibility index (Phi) is 7.08. The van der Waals surface area contributed by atoms with E-state index in [1.807, 2.05) is 49.4 Å². The summed E-state index contributed by atoms with van der Waals surface area (Å²) in [4.78, 5) is 29.4. The Morgan fingerprint density at radius 1 is 1.03 bits per heavy atom. The summed E-state index contributed by atoms with van der Waals surface area (Å²) in [7, 11) is 0. The SMILES string of the molecule is CCCCCC(=O)c1cc(C)ccc1NC(=O)Nc1nc(-c2ccccc2)ns1. The lowest BCUT2D eigenvalue weighted by Gasteiger charge is -2.11. The standard InChI is InChI=1S/C22H24N4O2S/c1-3-4-6-11-19(27)17-14-15(2)12-13-18(17)23-21(28)25-22-24-20(26-29-22)16-9-7-5-8-10-16/h5,7-10,12-14H,3-4,6,11H2,1-2H3,(H2,23,24,25,26,28). The fourth-order valence-electron chi connectivity index (χ4n) is 2.90. The molecule has 1 heterocycles. The molecule has 3 rings (SSSR count). The lowest BCUT2D eigenvalue weighted by molar-refractivity contribution is 0.0980. The van der Waals surface area contributed by atoms with E-state index in [1.165, 1.54) is 0 Å². The van der Waals surface area contributed by atoms with Gasteiger partial charge in [0.15, 0.2) is 11.6 Å². The molecule has 6 nitrogen and oxygen atoms in total. The van der Waals surface area contributed by atoms with E-state index in [-0.39, 0.29) is 5.78 Å². The largest absolute Gasteiger partial charge is 0.325 e. The Bertz CT molecular complexity index is 985. The number of ketones is 1. The number of amides is 2. The molecule has 0 saturated heterocycles. The van der Waals surface area contributed by atoms with Crippen molar-refractivity contribution in [2.75, 3.05) is 10.6 Å². The van der Waals surface area contributed by atoms with Crippen molar-refractivity contribution in [3.8, 4) is 11.4 Å². The summed E-state index contributed by atoms with van der Waals surface area (Å²) >= 11 is 1.11. The second kappa shape index (κ2) is 9.93. The van der Waals surface area contributed by atoms with Crippen molar-refractivity contribution < 1.29 is 9.59 Å². The van der Waals surface area contributed by atoms with Crippen LogP contribution >= 0.6 is 11.5 Å². The van der Waals surface area contributed by atoms with Crippen LogP contribution in [0.15, 0.2) is 48.5 Å². The zero-order valence-corrected chi connectivity index (χ0v) is 17.4. The molecule has 2 N–H and O–H groups in total. The molecule has 0 aliphatic carbocycles. The van der Waals surface area contributed by atoms with Gasteiger partial charge < -0.3 is 5.32 Å². The van der Waals surface area contributed by atoms with Gasteiger partial charge in [0.1, 0.15) is 0 Å². The molecule has 0 unspecified atom stereocenters. The van der Waals surface area contributed by atoms with Crippen molar-refractivity contribution in [3.63, 3.8) is 0 Å². The van der Waals surface area contributed by atoms with Crippen LogP contribution in [0.4, 0.5) is 15.6 Å². The fourth-order valence-corrected chi connectivity index (χ4v) is 3.48. The van der Waals surface area contributed by atoms with Gasteiger partial charge in [-0.3, -0.25) is 10.1 Å². The number of hydrogen-bond acceptors (Lipinski definition) is 5. The molecule has 3 aromatic rings. The molecule has 0 bridgehead atoms. The van der Waals surface area contributed by atoms with Gasteiger partial charge in [-0.15, -0.1) is 0 Å². The van der Waals surface area contributed by atoms with Gasteiger partial charge in [-0.25, -0.2) is 4.79 Å². The molecule has 0 aliphatic rings. The molecule has 0 spiro atoms. The number of rotatable bonds is 8. The second-order valence-corrected chi connectivity index (χ2v) is 7.55. The Morgan fingerprint density at radius 3 is 2.59 bits per heavy atom. The summed E-state index contributed by atoms with van der Waals surface area (Å²) < 4.78 is 4.28. The van der Waals surface area contributed by atoms with Crippen molar-refractivity contribution in [3.05, 3.63) is 59.7 Å². The van der Waals surface area contributed by atoms with E-state index in [2.05, 4.69) is 26.9 Å². The first-order chi connectivity index (χ1) is 14.1. The highest BCUT2D eigenvalue weighted by Gasteiger charge is 2.15. The molecular weight excluding hydrogens is 384 g/mol. The van der Waals surface area contributed by atoms with Crippen LogP contribution in [0.1, 0.15) is 48.5 Å². The molecule has 7 heteroatoms. The van der Waals surface area contributed by atoms with Gasteiger partial charge in [0.2, 0.25) is 5.13 Å². The van der Waals surface area contributed by atoms with Gasteiger partial charge in [-0.05, 0) is 25.5 Å². The van der Waals surface area contributed by atoms with Crippen LogP contribution < -0.4 is 10.6 Å². The van der Waals surface area contributed by atoms with Crippen LogP contribution in [-0.2, 0) is 0 Å². The van der Waals surface area contributed by atoms with Gasteiger partial charge in [0.05, 0.1) is 5.69 Å². The minimum absolute atomic E-state index is 0.0414. The number of aryl methyl sites for hydroxylation is 1. The van der Waals surface area contributed by atoms with Gasteiger partial charge in [-0.1, -0.05) is 61.7 Å². The summed E-state index contributed by atoms with van der Waals surface area (Å²) in [6, 6.07) is 14.6. The molecule has 29 heavy (non-hydrogen) atoms. The average Bonchev–Trinajstić information content (AvgIpc) is 3.18. The fraction of sp³-hybridized carbons (Fsp3) is 0.273. The van der Waals surface area contributed by atoms with Crippen LogP contribution in [0.25, 0.3) is 11.4 Å². The molecule has 0 atom stereocenters. The van der Waals surface area contributed by atoms with E-state index < -0.39 is 6.03 Å². The highest BCUT2D eigenvalue weighted by Crippen LogP contribution is 2.23. The van der Waals surface area contributed by atoms with Crippen LogP contribution in [0.5, 0.6) is 0 Å². The van der Waals surface area contributed by atoms with E-state index in [0.717, 1.165) is 41.9 Å². The minimum Gasteiger partial charge on any atom is -0.307 e. The van der Waals surface area contributed by atoms with E-state index >= 15 is 0 Å². The lowest BCUT2D eigenvalue weighted by atomic mass is 10.0. The van der Waals surface area contributed by atoms with Gasteiger partial charge >= 0.3 is 6.03 Å². The highest BCUT2D eigenvalue weighted by atomic mass is 32.1. The number of carbonyl (C=O) groups excluding carboxylic acids is 2. The number of aromatic nitrogens is 2. The number of nitrogens with zero attached hydrogens (tertiary/aromatic N) is 2. The number of anilines is 2. The molecule has 2 amide bonds. The number of benzene rings is 2. The Morgan fingerprint density at radius 2 is 1.83 bits per heavy atom. The van der Waals surface area contributed by atoms with Crippen LogP contribution in [0.3, 0.4) is 0 Å². The maximum atomic E-state index is 12.6. The number of urea groups is 1. The first-order valence-corrected chi connectivity index (χ1v) is 10.4. The number of hydrogen-bond donors (Lipinski definition) is 2. The zero-order valence-electron chi connectivity index (χ0n) is 16.6. The Balaban J connectivity index is 1.68. The van der Waals surface area contributed by atoms with Crippen molar-refractivity contribution in [1.82, 2.24) is 9.36 Å². The summed E-state index contributed by atoms with van der Waals surface area (Å²) in [6.07, 6.45) is 3.40. The summed E-state index contributed by atoms with van der Waals surface area (Å²) in [6.45, 7) is 4.03. The molecule has 0 fully saturated rings. The molecule has 150 valence electrons. The first kappa shape index (κ1) is 20.7. The Labute approximate surface area is 174 Å². The third-order valence-electron chi connectivity index (χ3n) is 4.41. The lowest BCUT2D eigenvalue weighted by Crippen LogP contribution is -2.21. The van der Waals surface area contributed by atoms with E-state index in [0.29, 0.717) is 28.6 Å². The molecule has 0 saturated carbocycles. The van der Waals surface area contributed by atoms with Gasteiger partial charge in [0.25, 0.3) is 0 Å².